The monoisotopic (exact) mass is 493 g/mol. The summed E-state index contributed by atoms with van der Waals surface area (Å²) in [5.41, 5.74) is 0.145. The lowest BCUT2D eigenvalue weighted by Crippen LogP contribution is -2.57. The molecule has 1 aromatic rings. The normalized spacial score (nSPS) is 16.4. The molecule has 0 saturated carbocycles. The molecule has 4 amide bonds. The smallest absolute Gasteiger partial charge is 0.328 e. The molecule has 0 spiro atoms. The van der Waals surface area contributed by atoms with Crippen LogP contribution in [-0.4, -0.2) is 81.6 Å². The first-order valence-corrected chi connectivity index (χ1v) is 10.9. The average Bonchev–Trinajstić information content (AvgIpc) is 2.84. The van der Waals surface area contributed by atoms with E-state index >= 15 is 0 Å². The third kappa shape index (κ3) is 6.40. The molecule has 1 fully saturated rings. The summed E-state index contributed by atoms with van der Waals surface area (Å²) < 4.78 is 20.4. The lowest BCUT2D eigenvalue weighted by Gasteiger charge is -2.31. The van der Waals surface area contributed by atoms with Gasteiger partial charge in [-0.05, 0) is 24.5 Å². The predicted octanol–water partition coefficient (Wildman–Crippen LogP) is 0.274. The Morgan fingerprint density at radius 3 is 2.11 bits per heavy atom. The Morgan fingerprint density at radius 1 is 1.03 bits per heavy atom. The maximum atomic E-state index is 12.9. The molecule has 1 aromatic carbocycles. The number of methoxy groups -OCH3 is 4. The summed E-state index contributed by atoms with van der Waals surface area (Å²) in [7, 11) is 5.43. The van der Waals surface area contributed by atoms with Crippen LogP contribution in [0.4, 0.5) is 0 Å². The van der Waals surface area contributed by atoms with Gasteiger partial charge in [0.25, 0.3) is 11.8 Å². The summed E-state index contributed by atoms with van der Waals surface area (Å²) in [6.07, 6.45) is 0.0204. The topological polar surface area (TPSA) is 150 Å². The van der Waals surface area contributed by atoms with E-state index in [1.807, 2.05) is 0 Å². The van der Waals surface area contributed by atoms with Gasteiger partial charge >= 0.3 is 5.97 Å². The number of ether oxygens (including phenoxy) is 4. The number of nitrogens with one attached hydrogen (secondary N) is 2. The largest absolute Gasteiger partial charge is 0.493 e. The summed E-state index contributed by atoms with van der Waals surface area (Å²) in [6, 6.07) is 0.893. The number of carbonyl (C=O) groups is 5. The minimum Gasteiger partial charge on any atom is -0.493 e. The number of benzene rings is 1. The number of carbonyl (C=O) groups excluding carboxylic acids is 5. The van der Waals surface area contributed by atoms with Gasteiger partial charge in [0.2, 0.25) is 17.6 Å². The van der Waals surface area contributed by atoms with Crippen LogP contribution in [0.2, 0.25) is 0 Å². The zero-order chi connectivity index (χ0) is 26.3. The highest BCUT2D eigenvalue weighted by Crippen LogP contribution is 2.38. The van der Waals surface area contributed by atoms with Gasteiger partial charge in [-0.15, -0.1) is 0 Å². The Bertz CT molecular complexity index is 967. The second-order valence-electron chi connectivity index (χ2n) is 8.11. The molecule has 2 N–H and O–H groups in total. The van der Waals surface area contributed by atoms with Crippen molar-refractivity contribution in [2.24, 2.45) is 5.92 Å². The van der Waals surface area contributed by atoms with Crippen LogP contribution in [0.25, 0.3) is 0 Å². The fraction of sp³-hybridized carbons (Fsp3) is 0.522. The highest BCUT2D eigenvalue weighted by atomic mass is 16.5. The van der Waals surface area contributed by atoms with Crippen molar-refractivity contribution in [1.82, 2.24) is 15.5 Å². The molecule has 1 saturated heterocycles. The van der Waals surface area contributed by atoms with E-state index in [9.17, 15) is 24.0 Å². The zero-order valence-corrected chi connectivity index (χ0v) is 20.6. The lowest BCUT2D eigenvalue weighted by molar-refractivity contribution is -0.153. The molecule has 1 aliphatic heterocycles. The minimum absolute atomic E-state index is 0.0518. The third-order valence-corrected chi connectivity index (χ3v) is 5.48. The number of imide groups is 1. The molecule has 0 aromatic heterocycles. The number of rotatable bonds is 10. The summed E-state index contributed by atoms with van der Waals surface area (Å²) in [5.74, 6) is -2.69. The van der Waals surface area contributed by atoms with Gasteiger partial charge < -0.3 is 29.6 Å². The van der Waals surface area contributed by atoms with Gasteiger partial charge in [0.05, 0.1) is 28.4 Å². The number of esters is 1. The molecule has 1 heterocycles. The van der Waals surface area contributed by atoms with Crippen molar-refractivity contribution in [1.29, 1.82) is 0 Å². The fourth-order valence-corrected chi connectivity index (χ4v) is 3.58. The van der Waals surface area contributed by atoms with Gasteiger partial charge in [0, 0.05) is 12.0 Å². The van der Waals surface area contributed by atoms with Crippen molar-refractivity contribution in [2.45, 2.75) is 38.8 Å². The summed E-state index contributed by atoms with van der Waals surface area (Å²) >= 11 is 0. The number of hydrogen-bond acceptors (Lipinski definition) is 9. The average molecular weight is 494 g/mol. The quantitative estimate of drug-likeness (QED) is 0.346. The molecular formula is C23H31N3O9. The molecule has 1 aliphatic rings. The number of hydrogen-bond donors (Lipinski definition) is 2. The van der Waals surface area contributed by atoms with Crippen LogP contribution in [0.3, 0.4) is 0 Å². The van der Waals surface area contributed by atoms with Gasteiger partial charge in [-0.2, -0.15) is 0 Å². The second-order valence-corrected chi connectivity index (χ2v) is 8.11. The van der Waals surface area contributed by atoms with Crippen molar-refractivity contribution in [3.8, 4) is 17.2 Å². The van der Waals surface area contributed by atoms with Crippen molar-refractivity contribution in [2.75, 3.05) is 35.0 Å². The maximum Gasteiger partial charge on any atom is 0.328 e. The first-order valence-electron chi connectivity index (χ1n) is 10.9. The number of likely N-dealkylation sites (tertiary alicyclic amines) is 1. The van der Waals surface area contributed by atoms with E-state index in [4.69, 9.17) is 14.2 Å². The third-order valence-electron chi connectivity index (χ3n) is 5.48. The molecule has 192 valence electrons. The lowest BCUT2D eigenvalue weighted by atomic mass is 10.0. The maximum absolute atomic E-state index is 12.9. The Morgan fingerprint density at radius 2 is 1.63 bits per heavy atom. The van der Waals surface area contributed by atoms with E-state index < -0.39 is 48.2 Å². The molecular weight excluding hydrogens is 462 g/mol. The summed E-state index contributed by atoms with van der Waals surface area (Å²) in [6.45, 7) is 2.84. The highest BCUT2D eigenvalue weighted by molar-refractivity contribution is 6.06. The molecule has 35 heavy (non-hydrogen) atoms. The van der Waals surface area contributed by atoms with Crippen LogP contribution in [0.5, 0.6) is 17.2 Å². The van der Waals surface area contributed by atoms with Gasteiger partial charge in [-0.3, -0.25) is 24.1 Å². The zero-order valence-electron chi connectivity index (χ0n) is 20.6. The van der Waals surface area contributed by atoms with E-state index in [1.165, 1.54) is 40.6 Å². The molecule has 12 nitrogen and oxygen atoms in total. The minimum atomic E-state index is -1.03. The summed E-state index contributed by atoms with van der Waals surface area (Å²) in [5, 5.41) is 5.08. The first kappa shape index (κ1) is 27.4. The van der Waals surface area contributed by atoms with Crippen LogP contribution in [-0.2, 0) is 23.9 Å². The van der Waals surface area contributed by atoms with Crippen LogP contribution < -0.4 is 24.8 Å². The predicted molar refractivity (Wildman–Crippen MR) is 122 cm³/mol. The number of nitrogens with zero attached hydrogens (tertiary/aromatic N) is 1. The molecule has 0 bridgehead atoms. The molecule has 0 aliphatic carbocycles. The van der Waals surface area contributed by atoms with Gasteiger partial charge in [0.15, 0.2) is 11.5 Å². The number of piperidine rings is 1. The first-order chi connectivity index (χ1) is 16.6. The SMILES string of the molecule is COC(=O)[C@@H](NC(=O)CN1C(=O)CC[C@H](NC(=O)c2cc(OC)c(OC)c(OC)c2)C1=O)C(C)C. The van der Waals surface area contributed by atoms with Crippen molar-refractivity contribution < 1.29 is 42.9 Å². The fourth-order valence-electron chi connectivity index (χ4n) is 3.58. The Labute approximate surface area is 203 Å². The highest BCUT2D eigenvalue weighted by Gasteiger charge is 2.37. The van der Waals surface area contributed by atoms with E-state index in [-0.39, 0.29) is 35.8 Å². The Kier molecular flexibility index (Phi) is 9.43. The summed E-state index contributed by atoms with van der Waals surface area (Å²) in [4.78, 5) is 63.4. The van der Waals surface area contributed by atoms with Crippen molar-refractivity contribution in [3.05, 3.63) is 17.7 Å². The van der Waals surface area contributed by atoms with E-state index in [0.717, 1.165) is 4.90 Å². The molecule has 2 atom stereocenters. The van der Waals surface area contributed by atoms with E-state index in [0.29, 0.717) is 5.75 Å². The molecule has 0 radical (unpaired) electrons. The van der Waals surface area contributed by atoms with Gasteiger partial charge in [0.1, 0.15) is 18.6 Å². The Hall–Kier alpha value is -3.83. The molecule has 2 rings (SSSR count). The van der Waals surface area contributed by atoms with E-state index in [1.54, 1.807) is 13.8 Å². The van der Waals surface area contributed by atoms with Crippen molar-refractivity contribution in [3.63, 3.8) is 0 Å². The van der Waals surface area contributed by atoms with Gasteiger partial charge in [-0.1, -0.05) is 13.8 Å². The van der Waals surface area contributed by atoms with Gasteiger partial charge in [-0.25, -0.2) is 4.79 Å². The van der Waals surface area contributed by atoms with Crippen molar-refractivity contribution >= 4 is 29.6 Å². The van der Waals surface area contributed by atoms with Crippen LogP contribution in [0, 0.1) is 5.92 Å². The van der Waals surface area contributed by atoms with Crippen LogP contribution in [0.15, 0.2) is 12.1 Å². The molecule has 12 heteroatoms. The van der Waals surface area contributed by atoms with Crippen LogP contribution >= 0.6 is 0 Å². The second kappa shape index (κ2) is 12.0. The standard InChI is InChI=1S/C23H31N3O9/c1-12(2)19(23(31)35-6)25-17(27)11-26-18(28)8-7-14(22(26)30)24-21(29)13-9-15(32-3)20(34-5)16(10-13)33-4/h9-10,12,14,19H,7-8,11H2,1-6H3,(H,24,29)(H,25,27)/t14-,19-/m0/s1. The van der Waals surface area contributed by atoms with E-state index in [2.05, 4.69) is 15.4 Å². The Balaban J connectivity index is 2.15. The number of amides is 4. The van der Waals surface area contributed by atoms with Crippen LogP contribution in [0.1, 0.15) is 37.0 Å². The molecule has 0 unspecified atom stereocenters.